The second-order valence-corrected chi connectivity index (χ2v) is 10.4. The highest BCUT2D eigenvalue weighted by Gasteiger charge is 2.40. The third-order valence-electron chi connectivity index (χ3n) is 4.90. The lowest BCUT2D eigenvalue weighted by atomic mass is 10.2. The van der Waals surface area contributed by atoms with E-state index in [1.165, 1.54) is 57.8 Å². The second-order valence-electron chi connectivity index (χ2n) is 7.66. The van der Waals surface area contributed by atoms with Crippen LogP contribution in [0.25, 0.3) is 0 Å². The molecule has 2 N–H and O–H groups in total. The van der Waals surface area contributed by atoms with Crippen LogP contribution in [0.2, 0.25) is 6.04 Å². The maximum absolute atomic E-state index is 6.39. The van der Waals surface area contributed by atoms with Crippen LogP contribution < -0.4 is 5.73 Å². The lowest BCUT2D eigenvalue weighted by Crippen LogP contribution is -2.46. The molecule has 0 amide bonds. The highest BCUT2D eigenvalue weighted by molar-refractivity contribution is 6.60. The predicted molar refractivity (Wildman–Crippen MR) is 119 cm³/mol. The minimum absolute atomic E-state index is 0.730. The fraction of sp³-hybridized carbons (Fsp3) is 1.00. The monoisotopic (exact) mass is 403 g/mol. The van der Waals surface area contributed by atoms with E-state index in [0.29, 0.717) is 0 Å². The number of unbranched alkanes of at least 4 members (excludes halogenated alkanes) is 10. The first kappa shape index (κ1) is 27.1. The molecule has 27 heavy (non-hydrogen) atoms. The summed E-state index contributed by atoms with van der Waals surface area (Å²) in [5, 5.41) is 0. The maximum atomic E-state index is 6.39. The molecule has 4 nitrogen and oxygen atoms in total. The molecule has 0 aromatic rings. The Kier molecular flexibility index (Phi) is 20.8. The van der Waals surface area contributed by atoms with E-state index >= 15 is 0 Å². The summed E-state index contributed by atoms with van der Waals surface area (Å²) in [5.41, 5.74) is 5.72. The summed E-state index contributed by atoms with van der Waals surface area (Å²) in [4.78, 5) is 0. The Labute approximate surface area is 171 Å². The molecule has 0 aromatic carbocycles. The summed E-state index contributed by atoms with van der Waals surface area (Å²) >= 11 is 0. The molecular formula is C22H49NO3Si. The van der Waals surface area contributed by atoms with Crippen LogP contribution in [0, 0.1) is 0 Å². The van der Waals surface area contributed by atoms with Gasteiger partial charge in [0.2, 0.25) is 0 Å². The number of hydrogen-bond donors (Lipinski definition) is 1. The molecule has 164 valence electrons. The van der Waals surface area contributed by atoms with Crippen LogP contribution in [-0.4, -0.2) is 35.2 Å². The van der Waals surface area contributed by atoms with Crippen molar-refractivity contribution in [3.8, 4) is 0 Å². The Bertz CT molecular complexity index is 257. The summed E-state index contributed by atoms with van der Waals surface area (Å²) in [5.74, 6) is 0. The van der Waals surface area contributed by atoms with E-state index in [2.05, 4.69) is 20.8 Å². The highest BCUT2D eigenvalue weighted by atomic mass is 28.4. The van der Waals surface area contributed by atoms with Gasteiger partial charge in [-0.1, -0.05) is 78.6 Å². The Morgan fingerprint density at radius 1 is 0.519 bits per heavy atom. The zero-order valence-electron chi connectivity index (χ0n) is 18.7. The zero-order valence-corrected chi connectivity index (χ0v) is 19.7. The summed E-state index contributed by atoms with van der Waals surface area (Å²) in [7, 11) is -2.57. The van der Waals surface area contributed by atoms with Crippen molar-refractivity contribution < 1.29 is 13.3 Å². The van der Waals surface area contributed by atoms with Crippen LogP contribution in [0.1, 0.15) is 111 Å². The normalized spacial score (nSPS) is 12.0. The molecule has 0 aliphatic rings. The molecular weight excluding hydrogens is 354 g/mol. The van der Waals surface area contributed by atoms with Gasteiger partial charge in [-0.3, -0.25) is 0 Å². The third kappa shape index (κ3) is 16.7. The molecule has 0 saturated carbocycles. The van der Waals surface area contributed by atoms with Crippen LogP contribution in [0.3, 0.4) is 0 Å². The molecule has 0 bridgehead atoms. The van der Waals surface area contributed by atoms with Crippen molar-refractivity contribution in [1.29, 1.82) is 0 Å². The number of rotatable bonds is 22. The summed E-state index contributed by atoms with van der Waals surface area (Å²) in [6.45, 7) is 9.78. The SMILES string of the molecule is CCCCCCO[Si](CCCCN)(OCCCCCC)OCCCCCC. The Hall–Kier alpha value is 0.0569. The lowest BCUT2D eigenvalue weighted by Gasteiger charge is -2.30. The molecule has 0 aromatic heterocycles. The summed E-state index contributed by atoms with van der Waals surface area (Å²) in [6.07, 6.45) is 16.7. The van der Waals surface area contributed by atoms with Crippen LogP contribution in [0.4, 0.5) is 0 Å². The number of hydrogen-bond acceptors (Lipinski definition) is 4. The molecule has 0 unspecified atom stereocenters. The van der Waals surface area contributed by atoms with Gasteiger partial charge in [-0.25, -0.2) is 0 Å². The predicted octanol–water partition coefficient (Wildman–Crippen LogP) is 6.45. The fourth-order valence-electron chi connectivity index (χ4n) is 3.10. The van der Waals surface area contributed by atoms with Gasteiger partial charge in [0, 0.05) is 25.9 Å². The molecule has 0 aliphatic heterocycles. The van der Waals surface area contributed by atoms with E-state index in [1.54, 1.807) is 0 Å². The van der Waals surface area contributed by atoms with Gasteiger partial charge in [-0.2, -0.15) is 0 Å². The van der Waals surface area contributed by atoms with Crippen LogP contribution in [-0.2, 0) is 13.3 Å². The average molecular weight is 404 g/mol. The van der Waals surface area contributed by atoms with E-state index in [0.717, 1.165) is 64.5 Å². The van der Waals surface area contributed by atoms with Crippen LogP contribution >= 0.6 is 0 Å². The largest absolute Gasteiger partial charge is 0.500 e. The van der Waals surface area contributed by atoms with Crippen molar-refractivity contribution >= 4 is 8.80 Å². The van der Waals surface area contributed by atoms with E-state index in [9.17, 15) is 0 Å². The third-order valence-corrected chi connectivity index (χ3v) is 7.79. The highest BCUT2D eigenvalue weighted by Crippen LogP contribution is 2.22. The molecule has 0 saturated heterocycles. The van der Waals surface area contributed by atoms with E-state index in [4.69, 9.17) is 19.0 Å². The summed E-state index contributed by atoms with van der Waals surface area (Å²) in [6, 6.07) is 0.916. The molecule has 0 atom stereocenters. The van der Waals surface area contributed by atoms with E-state index in [-0.39, 0.29) is 0 Å². The van der Waals surface area contributed by atoms with Crippen molar-refractivity contribution in [2.24, 2.45) is 5.73 Å². The second kappa shape index (κ2) is 20.8. The van der Waals surface area contributed by atoms with Crippen molar-refractivity contribution in [2.75, 3.05) is 26.4 Å². The molecule has 0 fully saturated rings. The van der Waals surface area contributed by atoms with Crippen molar-refractivity contribution in [2.45, 2.75) is 117 Å². The smallest absolute Gasteiger partial charge is 0.373 e. The molecule has 0 rings (SSSR count). The Balaban J connectivity index is 4.61. The first-order valence-electron chi connectivity index (χ1n) is 11.9. The lowest BCUT2D eigenvalue weighted by molar-refractivity contribution is 0.0547. The number of nitrogens with two attached hydrogens (primary N) is 1. The minimum atomic E-state index is -2.57. The van der Waals surface area contributed by atoms with E-state index in [1.807, 2.05) is 0 Å². The van der Waals surface area contributed by atoms with Gasteiger partial charge in [0.25, 0.3) is 0 Å². The maximum Gasteiger partial charge on any atom is 0.500 e. The van der Waals surface area contributed by atoms with Crippen LogP contribution in [0.15, 0.2) is 0 Å². The topological polar surface area (TPSA) is 53.7 Å². The fourth-order valence-corrected chi connectivity index (χ4v) is 5.83. The van der Waals surface area contributed by atoms with Gasteiger partial charge in [0.15, 0.2) is 0 Å². The van der Waals surface area contributed by atoms with Gasteiger partial charge in [-0.15, -0.1) is 0 Å². The van der Waals surface area contributed by atoms with Crippen LogP contribution in [0.5, 0.6) is 0 Å². The Morgan fingerprint density at radius 2 is 0.926 bits per heavy atom. The molecule has 5 heteroatoms. The standard InChI is InChI=1S/C22H49NO3Si/c1-4-7-10-14-19-24-27(22-17-13-18-23,25-20-15-11-8-5-2)26-21-16-12-9-6-3/h4-23H2,1-3H3. The molecule has 0 aliphatic carbocycles. The van der Waals surface area contributed by atoms with Crippen molar-refractivity contribution in [3.05, 3.63) is 0 Å². The average Bonchev–Trinajstić information content (AvgIpc) is 2.67. The minimum Gasteiger partial charge on any atom is -0.373 e. The first-order valence-corrected chi connectivity index (χ1v) is 13.8. The molecule has 0 spiro atoms. The zero-order chi connectivity index (χ0) is 20.1. The quantitative estimate of drug-likeness (QED) is 0.166. The van der Waals surface area contributed by atoms with E-state index < -0.39 is 8.80 Å². The summed E-state index contributed by atoms with van der Waals surface area (Å²) < 4.78 is 19.2. The first-order chi connectivity index (χ1) is 13.2. The van der Waals surface area contributed by atoms with Gasteiger partial charge in [-0.05, 0) is 38.6 Å². The van der Waals surface area contributed by atoms with Gasteiger partial charge in [0.05, 0.1) is 0 Å². The molecule has 0 radical (unpaired) electrons. The van der Waals surface area contributed by atoms with Gasteiger partial charge < -0.3 is 19.0 Å². The van der Waals surface area contributed by atoms with Crippen molar-refractivity contribution in [3.63, 3.8) is 0 Å². The Morgan fingerprint density at radius 3 is 1.26 bits per heavy atom. The van der Waals surface area contributed by atoms with Crippen molar-refractivity contribution in [1.82, 2.24) is 0 Å². The van der Waals surface area contributed by atoms with Gasteiger partial charge >= 0.3 is 8.80 Å². The molecule has 0 heterocycles. The van der Waals surface area contributed by atoms with Gasteiger partial charge in [0.1, 0.15) is 0 Å².